The number of fused-ring (bicyclic) bond motifs is 7. The first-order valence-corrected chi connectivity index (χ1v) is 19.1. The van der Waals surface area contributed by atoms with Crippen LogP contribution in [0.15, 0.2) is 35.4 Å². The van der Waals surface area contributed by atoms with E-state index in [0.29, 0.717) is 54.6 Å². The maximum Gasteiger partial charge on any atom is 0.278 e. The molecule has 47 heavy (non-hydrogen) atoms. The van der Waals surface area contributed by atoms with Gasteiger partial charge in [-0.2, -0.15) is 0 Å². The molecule has 3 aromatic rings. The standard InChI is InChI=1S/C35H44F3N5O3S/c1-22-27-8-7-9-30(31(27)36)35(37,38)24-18-25-10-11-26(19-24)42(25)14-5-3-2-4-6-15-43-33-29(32(41-22)39-21-40-33)20-28(34(43)44)23-12-16-47(45,46)17-13-23/h7-9,20-26H,2-6,10-19H2,1H3,(H,39,40,41)/t22-,24?,25?,26?/m0/s1. The van der Waals surface area contributed by atoms with Crippen LogP contribution in [0.5, 0.6) is 0 Å². The second-order valence-electron chi connectivity index (χ2n) is 14.2. The third-order valence-corrected chi connectivity index (χ3v) is 13.0. The molecule has 7 heterocycles. The van der Waals surface area contributed by atoms with Crippen molar-refractivity contribution >= 4 is 26.7 Å². The molecule has 3 fully saturated rings. The molecule has 5 aliphatic heterocycles. The molecule has 0 aliphatic carbocycles. The lowest BCUT2D eigenvalue weighted by Crippen LogP contribution is -2.47. The molecule has 12 heteroatoms. The number of benzene rings is 1. The molecule has 3 saturated heterocycles. The number of rotatable bonds is 1. The predicted octanol–water partition coefficient (Wildman–Crippen LogP) is 6.69. The van der Waals surface area contributed by atoms with Crippen LogP contribution >= 0.6 is 0 Å². The highest BCUT2D eigenvalue weighted by Gasteiger charge is 2.51. The van der Waals surface area contributed by atoms with E-state index in [2.05, 4.69) is 20.2 Å². The number of aryl methyl sites for hydroxylation is 1. The van der Waals surface area contributed by atoms with Crippen molar-refractivity contribution in [1.82, 2.24) is 19.4 Å². The number of nitrogens with one attached hydrogen (secondary N) is 1. The van der Waals surface area contributed by atoms with E-state index in [0.717, 1.165) is 51.5 Å². The second-order valence-corrected chi connectivity index (χ2v) is 16.5. The summed E-state index contributed by atoms with van der Waals surface area (Å²) in [5.41, 5.74) is 0.370. The molecule has 0 saturated carbocycles. The van der Waals surface area contributed by atoms with E-state index < -0.39 is 39.1 Å². The molecule has 2 unspecified atom stereocenters. The van der Waals surface area contributed by atoms with Crippen LogP contribution in [-0.4, -0.2) is 58.0 Å². The van der Waals surface area contributed by atoms with Gasteiger partial charge in [-0.05, 0) is 76.8 Å². The molecule has 10 bridgehead atoms. The first-order valence-electron chi connectivity index (χ1n) is 17.3. The Bertz CT molecular complexity index is 1790. The Labute approximate surface area is 274 Å². The van der Waals surface area contributed by atoms with Gasteiger partial charge in [-0.1, -0.05) is 37.5 Å². The van der Waals surface area contributed by atoms with Crippen molar-refractivity contribution in [3.63, 3.8) is 0 Å². The number of halogens is 3. The normalized spacial score (nSPS) is 29.7. The van der Waals surface area contributed by atoms with Crippen LogP contribution in [0.3, 0.4) is 0 Å². The van der Waals surface area contributed by atoms with Gasteiger partial charge in [-0.25, -0.2) is 31.6 Å². The highest BCUT2D eigenvalue weighted by Crippen LogP contribution is 2.50. The minimum absolute atomic E-state index is 0.0304. The van der Waals surface area contributed by atoms with E-state index in [1.807, 2.05) is 0 Å². The summed E-state index contributed by atoms with van der Waals surface area (Å²) in [4.78, 5) is 25.4. The van der Waals surface area contributed by atoms with E-state index in [4.69, 9.17) is 0 Å². The Morgan fingerprint density at radius 3 is 2.32 bits per heavy atom. The number of aromatic nitrogens is 3. The van der Waals surface area contributed by atoms with Crippen LogP contribution in [0.4, 0.5) is 19.0 Å². The van der Waals surface area contributed by atoms with Gasteiger partial charge < -0.3 is 5.32 Å². The zero-order chi connectivity index (χ0) is 32.9. The van der Waals surface area contributed by atoms with Gasteiger partial charge in [0.15, 0.2) is 0 Å². The molecule has 5 aliphatic rings. The van der Waals surface area contributed by atoms with E-state index in [-0.39, 0.29) is 40.6 Å². The number of alkyl halides is 2. The summed E-state index contributed by atoms with van der Waals surface area (Å²) < 4.78 is 74.7. The largest absolute Gasteiger partial charge is 0.363 e. The average Bonchev–Trinajstić information content (AvgIpc) is 3.26. The topological polar surface area (TPSA) is 97.2 Å². The van der Waals surface area contributed by atoms with Crippen LogP contribution < -0.4 is 10.9 Å². The summed E-state index contributed by atoms with van der Waals surface area (Å²) in [6, 6.07) is 5.51. The SMILES string of the molecule is C[C@@H]1Nc2ncnc3c2cc(C2CCS(=O)(=O)CC2)c(=O)n3CCCCCCCN2C3CCC2CC(C3)C(F)(F)c2cccc1c2F. The van der Waals surface area contributed by atoms with Gasteiger partial charge in [0.25, 0.3) is 11.5 Å². The lowest BCUT2D eigenvalue weighted by Gasteiger charge is -2.42. The Balaban J connectivity index is 1.28. The number of pyridine rings is 1. The molecule has 8 nitrogen and oxygen atoms in total. The summed E-state index contributed by atoms with van der Waals surface area (Å²) in [7, 11) is -3.13. The molecule has 3 atom stereocenters. The number of hydrogen-bond donors (Lipinski definition) is 1. The number of nitrogens with zero attached hydrogens (tertiary/aromatic N) is 4. The minimum Gasteiger partial charge on any atom is -0.363 e. The van der Waals surface area contributed by atoms with Crippen LogP contribution in [-0.2, 0) is 22.3 Å². The van der Waals surface area contributed by atoms with Crippen molar-refractivity contribution in [2.75, 3.05) is 23.4 Å². The fourth-order valence-corrected chi connectivity index (χ4v) is 10.2. The van der Waals surface area contributed by atoms with Crippen LogP contribution in [0, 0.1) is 11.7 Å². The van der Waals surface area contributed by atoms with E-state index >= 15 is 13.2 Å². The van der Waals surface area contributed by atoms with Crippen molar-refractivity contribution < 1.29 is 21.6 Å². The number of anilines is 1. The quantitative estimate of drug-likeness (QED) is 0.308. The van der Waals surface area contributed by atoms with Crippen LogP contribution in [0.25, 0.3) is 11.0 Å². The Hall–Kier alpha value is -2.99. The molecule has 1 aromatic carbocycles. The van der Waals surface area contributed by atoms with Crippen molar-refractivity contribution in [3.8, 4) is 0 Å². The molecule has 0 amide bonds. The Morgan fingerprint density at radius 1 is 0.915 bits per heavy atom. The second kappa shape index (κ2) is 12.8. The zero-order valence-electron chi connectivity index (χ0n) is 26.9. The van der Waals surface area contributed by atoms with Crippen molar-refractivity contribution in [2.45, 2.75) is 114 Å². The molecular weight excluding hydrogens is 627 g/mol. The fourth-order valence-electron chi connectivity index (χ4n) is 8.69. The van der Waals surface area contributed by atoms with Gasteiger partial charge in [0.05, 0.1) is 28.5 Å². The molecule has 0 radical (unpaired) electrons. The monoisotopic (exact) mass is 671 g/mol. The van der Waals surface area contributed by atoms with Crippen molar-refractivity contribution in [1.29, 1.82) is 0 Å². The van der Waals surface area contributed by atoms with E-state index in [9.17, 15) is 13.2 Å². The van der Waals surface area contributed by atoms with E-state index in [1.54, 1.807) is 17.6 Å². The van der Waals surface area contributed by atoms with Gasteiger partial charge in [-0.15, -0.1) is 0 Å². The van der Waals surface area contributed by atoms with Gasteiger partial charge in [0, 0.05) is 35.7 Å². The minimum atomic E-state index is -3.30. The number of hydrogen-bond acceptors (Lipinski definition) is 7. The summed E-state index contributed by atoms with van der Waals surface area (Å²) in [5, 5.41) is 3.82. The summed E-state index contributed by atoms with van der Waals surface area (Å²) in [5.74, 6) is -4.91. The Morgan fingerprint density at radius 2 is 1.60 bits per heavy atom. The van der Waals surface area contributed by atoms with E-state index in [1.165, 1.54) is 24.5 Å². The predicted molar refractivity (Wildman–Crippen MR) is 176 cm³/mol. The molecule has 1 N–H and O–H groups in total. The summed E-state index contributed by atoms with van der Waals surface area (Å²) in [6.07, 6.45) is 9.40. The maximum atomic E-state index is 16.2. The molecule has 254 valence electrons. The lowest BCUT2D eigenvalue weighted by atomic mass is 9.82. The van der Waals surface area contributed by atoms with Gasteiger partial charge >= 0.3 is 0 Å². The number of sulfone groups is 1. The number of piperidine rings is 1. The van der Waals surface area contributed by atoms with Crippen molar-refractivity contribution in [2.24, 2.45) is 5.92 Å². The Kier molecular flexibility index (Phi) is 8.86. The maximum absolute atomic E-state index is 16.2. The van der Waals surface area contributed by atoms with Crippen molar-refractivity contribution in [3.05, 3.63) is 63.5 Å². The first-order chi connectivity index (χ1) is 22.5. The van der Waals surface area contributed by atoms with Gasteiger partial charge in [-0.3, -0.25) is 14.3 Å². The highest BCUT2D eigenvalue weighted by atomic mass is 32.2. The lowest BCUT2D eigenvalue weighted by molar-refractivity contribution is -0.100. The van der Waals surface area contributed by atoms with Crippen LogP contribution in [0.2, 0.25) is 0 Å². The smallest absolute Gasteiger partial charge is 0.278 e. The van der Waals surface area contributed by atoms with Crippen LogP contribution in [0.1, 0.15) is 106 Å². The summed E-state index contributed by atoms with van der Waals surface area (Å²) in [6.45, 7) is 3.07. The molecule has 2 aromatic heterocycles. The molecule has 8 rings (SSSR count). The highest BCUT2D eigenvalue weighted by molar-refractivity contribution is 7.91. The fraction of sp³-hybridized carbons (Fsp3) is 0.629. The average molecular weight is 672 g/mol. The molecule has 0 spiro atoms. The summed E-state index contributed by atoms with van der Waals surface area (Å²) >= 11 is 0. The third kappa shape index (κ3) is 6.20. The van der Waals surface area contributed by atoms with Gasteiger partial charge in [0.1, 0.15) is 33.4 Å². The third-order valence-electron chi connectivity index (χ3n) is 11.3. The van der Waals surface area contributed by atoms with Gasteiger partial charge in [0.2, 0.25) is 0 Å². The zero-order valence-corrected chi connectivity index (χ0v) is 27.8. The molecular formula is C35H44F3N5O3S. The first kappa shape index (κ1) is 32.6.